The fourth-order valence-corrected chi connectivity index (χ4v) is 1.94. The zero-order chi connectivity index (χ0) is 14.0. The molecule has 1 aromatic heterocycles. The second-order valence-corrected chi connectivity index (χ2v) is 4.55. The molecule has 0 aliphatic rings. The molecule has 2 N–H and O–H groups in total. The molecule has 0 aliphatic carbocycles. The minimum absolute atomic E-state index is 0.115. The average molecular weight is 280 g/mol. The van der Waals surface area contributed by atoms with Crippen LogP contribution in [0, 0.1) is 6.92 Å². The molecule has 6 heteroatoms. The van der Waals surface area contributed by atoms with Crippen LogP contribution in [-0.2, 0) is 6.54 Å². The SMILES string of the molecule is CNCc1nn(-c2cccc(Cl)c2C)c(=O)cc1O. The Morgan fingerprint density at radius 1 is 1.47 bits per heavy atom. The first-order valence-corrected chi connectivity index (χ1v) is 6.14. The van der Waals surface area contributed by atoms with Crippen LogP contribution in [0.1, 0.15) is 11.3 Å². The Balaban J connectivity index is 2.65. The van der Waals surface area contributed by atoms with E-state index in [0.717, 1.165) is 11.6 Å². The summed E-state index contributed by atoms with van der Waals surface area (Å²) in [5.41, 5.74) is 1.37. The first kappa shape index (κ1) is 13.6. The van der Waals surface area contributed by atoms with Gasteiger partial charge in [-0.2, -0.15) is 9.78 Å². The van der Waals surface area contributed by atoms with Gasteiger partial charge < -0.3 is 10.4 Å². The molecule has 0 aliphatic heterocycles. The molecule has 0 radical (unpaired) electrons. The molecule has 0 fully saturated rings. The van der Waals surface area contributed by atoms with E-state index in [9.17, 15) is 9.90 Å². The second-order valence-electron chi connectivity index (χ2n) is 4.14. The maximum Gasteiger partial charge on any atom is 0.275 e. The van der Waals surface area contributed by atoms with E-state index >= 15 is 0 Å². The Bertz CT molecular complexity index is 667. The van der Waals surface area contributed by atoms with E-state index in [4.69, 9.17) is 11.6 Å². The standard InChI is InChI=1S/C13H14ClN3O2/c1-8-9(14)4-3-5-11(8)17-13(19)6-12(18)10(16-17)7-15-2/h3-6,15,18H,7H2,1-2H3. The molecule has 1 aromatic carbocycles. The summed E-state index contributed by atoms with van der Waals surface area (Å²) in [5.74, 6) is -0.115. The molecular formula is C13H14ClN3O2. The summed E-state index contributed by atoms with van der Waals surface area (Å²) in [4.78, 5) is 11.9. The maximum atomic E-state index is 11.9. The van der Waals surface area contributed by atoms with Crippen molar-refractivity contribution in [3.05, 3.63) is 50.9 Å². The second kappa shape index (κ2) is 5.42. The van der Waals surface area contributed by atoms with E-state index in [1.807, 2.05) is 6.92 Å². The smallest absolute Gasteiger partial charge is 0.275 e. The summed E-state index contributed by atoms with van der Waals surface area (Å²) in [5, 5.41) is 17.3. The van der Waals surface area contributed by atoms with Crippen molar-refractivity contribution in [1.82, 2.24) is 15.1 Å². The molecule has 2 aromatic rings. The molecule has 5 nitrogen and oxygen atoms in total. The highest BCUT2D eigenvalue weighted by atomic mass is 35.5. The lowest BCUT2D eigenvalue weighted by Gasteiger charge is -2.11. The van der Waals surface area contributed by atoms with Gasteiger partial charge in [0.1, 0.15) is 11.4 Å². The van der Waals surface area contributed by atoms with Gasteiger partial charge >= 0.3 is 0 Å². The predicted molar refractivity (Wildman–Crippen MR) is 74.0 cm³/mol. The van der Waals surface area contributed by atoms with Crippen LogP contribution in [0.2, 0.25) is 5.02 Å². The average Bonchev–Trinajstić information content (AvgIpc) is 2.37. The molecule has 100 valence electrons. The van der Waals surface area contributed by atoms with Crippen LogP contribution in [0.3, 0.4) is 0 Å². The molecule has 0 unspecified atom stereocenters. The van der Waals surface area contributed by atoms with Gasteiger partial charge in [0.2, 0.25) is 0 Å². The number of halogens is 1. The van der Waals surface area contributed by atoms with E-state index in [2.05, 4.69) is 10.4 Å². The van der Waals surface area contributed by atoms with Crippen molar-refractivity contribution in [2.75, 3.05) is 7.05 Å². The van der Waals surface area contributed by atoms with Crippen molar-refractivity contribution in [2.45, 2.75) is 13.5 Å². The molecule has 2 rings (SSSR count). The van der Waals surface area contributed by atoms with Crippen LogP contribution in [-0.4, -0.2) is 21.9 Å². The predicted octanol–water partition coefficient (Wildman–Crippen LogP) is 1.62. The van der Waals surface area contributed by atoms with Gasteiger partial charge in [-0.25, -0.2) is 0 Å². The van der Waals surface area contributed by atoms with Crippen LogP contribution in [0.25, 0.3) is 5.69 Å². The monoisotopic (exact) mass is 279 g/mol. The summed E-state index contributed by atoms with van der Waals surface area (Å²) >= 11 is 6.04. The molecule has 0 saturated heterocycles. The number of rotatable bonds is 3. The van der Waals surface area contributed by atoms with Crippen LogP contribution in [0.5, 0.6) is 5.75 Å². The molecule has 0 amide bonds. The van der Waals surface area contributed by atoms with Crippen molar-refractivity contribution in [1.29, 1.82) is 0 Å². The van der Waals surface area contributed by atoms with Crippen molar-refractivity contribution < 1.29 is 5.11 Å². The number of benzene rings is 1. The first-order chi connectivity index (χ1) is 9.04. The van der Waals surface area contributed by atoms with E-state index in [-0.39, 0.29) is 5.75 Å². The third-order valence-electron chi connectivity index (χ3n) is 2.80. The molecule has 0 spiro atoms. The van der Waals surface area contributed by atoms with Gasteiger partial charge in [-0.05, 0) is 31.7 Å². The Hall–Kier alpha value is -1.85. The van der Waals surface area contributed by atoms with Gasteiger partial charge in [0, 0.05) is 17.6 Å². The topological polar surface area (TPSA) is 67.2 Å². The van der Waals surface area contributed by atoms with Gasteiger partial charge in [-0.3, -0.25) is 4.79 Å². The van der Waals surface area contributed by atoms with Crippen LogP contribution >= 0.6 is 11.6 Å². The minimum atomic E-state index is -0.400. The summed E-state index contributed by atoms with van der Waals surface area (Å²) in [6, 6.07) is 6.42. The zero-order valence-electron chi connectivity index (χ0n) is 10.6. The Morgan fingerprint density at radius 2 is 2.21 bits per heavy atom. The lowest BCUT2D eigenvalue weighted by atomic mass is 10.2. The van der Waals surface area contributed by atoms with Crippen molar-refractivity contribution in [3.63, 3.8) is 0 Å². The van der Waals surface area contributed by atoms with Crippen molar-refractivity contribution in [2.24, 2.45) is 0 Å². The van der Waals surface area contributed by atoms with E-state index in [0.29, 0.717) is 22.9 Å². The van der Waals surface area contributed by atoms with Gasteiger partial charge in [0.15, 0.2) is 0 Å². The third-order valence-corrected chi connectivity index (χ3v) is 3.21. The number of aromatic hydroxyl groups is 1. The maximum absolute atomic E-state index is 11.9. The van der Waals surface area contributed by atoms with E-state index in [1.54, 1.807) is 25.2 Å². The van der Waals surface area contributed by atoms with Crippen molar-refractivity contribution >= 4 is 11.6 Å². The zero-order valence-corrected chi connectivity index (χ0v) is 11.4. The summed E-state index contributed by atoms with van der Waals surface area (Å²) in [7, 11) is 1.74. The highest BCUT2D eigenvalue weighted by molar-refractivity contribution is 6.31. The van der Waals surface area contributed by atoms with Gasteiger partial charge in [0.05, 0.1) is 5.69 Å². The third kappa shape index (κ3) is 2.62. The van der Waals surface area contributed by atoms with E-state index < -0.39 is 5.56 Å². The fraction of sp³-hybridized carbons (Fsp3) is 0.231. The highest BCUT2D eigenvalue weighted by Crippen LogP contribution is 2.21. The largest absolute Gasteiger partial charge is 0.506 e. The first-order valence-electron chi connectivity index (χ1n) is 5.77. The fourth-order valence-electron chi connectivity index (χ4n) is 1.77. The molecule has 0 saturated carbocycles. The number of nitrogens with one attached hydrogen (secondary N) is 1. The van der Waals surface area contributed by atoms with Gasteiger partial charge in [-0.15, -0.1) is 0 Å². The summed E-state index contributed by atoms with van der Waals surface area (Å²) < 4.78 is 1.24. The molecular weight excluding hydrogens is 266 g/mol. The molecule has 0 bridgehead atoms. The van der Waals surface area contributed by atoms with Gasteiger partial charge in [-0.1, -0.05) is 17.7 Å². The lowest BCUT2D eigenvalue weighted by molar-refractivity contribution is 0.453. The Morgan fingerprint density at radius 3 is 2.89 bits per heavy atom. The number of hydrogen-bond acceptors (Lipinski definition) is 4. The Kier molecular flexibility index (Phi) is 3.87. The highest BCUT2D eigenvalue weighted by Gasteiger charge is 2.11. The van der Waals surface area contributed by atoms with Crippen LogP contribution < -0.4 is 10.9 Å². The summed E-state index contributed by atoms with van der Waals surface area (Å²) in [6.45, 7) is 2.18. The number of nitrogens with zero attached hydrogens (tertiary/aromatic N) is 2. The summed E-state index contributed by atoms with van der Waals surface area (Å²) in [6.07, 6.45) is 0. The lowest BCUT2D eigenvalue weighted by Crippen LogP contribution is -2.23. The van der Waals surface area contributed by atoms with Crippen LogP contribution in [0.4, 0.5) is 0 Å². The van der Waals surface area contributed by atoms with Crippen LogP contribution in [0.15, 0.2) is 29.1 Å². The minimum Gasteiger partial charge on any atom is -0.506 e. The van der Waals surface area contributed by atoms with E-state index in [1.165, 1.54) is 4.68 Å². The quantitative estimate of drug-likeness (QED) is 0.896. The normalized spacial score (nSPS) is 10.7. The molecule has 19 heavy (non-hydrogen) atoms. The van der Waals surface area contributed by atoms with Crippen molar-refractivity contribution in [3.8, 4) is 11.4 Å². The Labute approximate surface area is 115 Å². The molecule has 1 heterocycles. The van der Waals surface area contributed by atoms with Gasteiger partial charge in [0.25, 0.3) is 5.56 Å². The molecule has 0 atom stereocenters. The number of hydrogen-bond donors (Lipinski definition) is 2. The number of aromatic nitrogens is 2.